The normalized spacial score (nSPS) is 11.4. The van der Waals surface area contributed by atoms with E-state index in [0.717, 1.165) is 25.9 Å². The molecule has 41 heavy (non-hydrogen) atoms. The van der Waals surface area contributed by atoms with E-state index in [1.54, 1.807) is 0 Å². The van der Waals surface area contributed by atoms with Gasteiger partial charge in [0, 0.05) is 13.0 Å². The number of hydrogen-bond acceptors (Lipinski definition) is 8. The minimum atomic E-state index is -0.134. The van der Waals surface area contributed by atoms with Gasteiger partial charge in [0.2, 0.25) is 0 Å². The largest absolute Gasteiger partial charge is 0.463 e. The smallest absolute Gasteiger partial charge is 0.305 e. The first-order valence-corrected chi connectivity index (χ1v) is 16.9. The molecule has 0 unspecified atom stereocenters. The second-order valence-electron chi connectivity index (χ2n) is 10.6. The molecule has 0 aliphatic rings. The van der Waals surface area contributed by atoms with Crippen LogP contribution in [-0.4, -0.2) is 91.9 Å². The average Bonchev–Trinajstić information content (AvgIpc) is 2.98. The van der Waals surface area contributed by atoms with Crippen LogP contribution >= 0.6 is 0 Å². The molecule has 0 bridgehead atoms. The van der Waals surface area contributed by atoms with Gasteiger partial charge >= 0.3 is 5.97 Å². The Morgan fingerprint density at radius 2 is 0.634 bits per heavy atom. The van der Waals surface area contributed by atoms with Crippen LogP contribution < -0.4 is 0 Å². The Labute approximate surface area is 252 Å². The predicted octanol–water partition coefficient (Wildman–Crippen LogP) is 7.30. The van der Waals surface area contributed by atoms with Crippen molar-refractivity contribution in [2.45, 2.75) is 123 Å². The fourth-order valence-electron chi connectivity index (χ4n) is 4.23. The van der Waals surface area contributed by atoms with Crippen molar-refractivity contribution in [1.82, 2.24) is 0 Å². The molecule has 246 valence electrons. The first kappa shape index (κ1) is 40.2. The van der Waals surface area contributed by atoms with Crippen LogP contribution in [-0.2, 0) is 38.0 Å². The quantitative estimate of drug-likeness (QED) is 0.0555. The Balaban J connectivity index is 3.08. The summed E-state index contributed by atoms with van der Waals surface area (Å²) < 4.78 is 38.2. The molecule has 0 aliphatic carbocycles. The van der Waals surface area contributed by atoms with Gasteiger partial charge in [-0.3, -0.25) is 4.79 Å². The summed E-state index contributed by atoms with van der Waals surface area (Å²) >= 11 is 0. The van der Waals surface area contributed by atoms with Gasteiger partial charge in [0.05, 0.1) is 72.7 Å². The lowest BCUT2D eigenvalue weighted by Gasteiger charge is -2.08. The summed E-state index contributed by atoms with van der Waals surface area (Å²) in [6.07, 6.45) is 21.0. The average molecular weight is 591 g/mol. The molecule has 0 amide bonds. The maximum atomic E-state index is 11.6. The Morgan fingerprint density at radius 1 is 0.341 bits per heavy atom. The molecule has 0 spiro atoms. The van der Waals surface area contributed by atoms with Crippen molar-refractivity contribution < 1.29 is 38.0 Å². The summed E-state index contributed by atoms with van der Waals surface area (Å²) in [5.74, 6) is -0.134. The zero-order valence-corrected chi connectivity index (χ0v) is 27.0. The minimum Gasteiger partial charge on any atom is -0.463 e. The van der Waals surface area contributed by atoms with E-state index in [1.807, 2.05) is 0 Å². The molecule has 0 saturated heterocycles. The highest BCUT2D eigenvalue weighted by atomic mass is 16.6. The maximum absolute atomic E-state index is 11.6. The van der Waals surface area contributed by atoms with Crippen LogP contribution in [0.2, 0.25) is 0 Å². The van der Waals surface area contributed by atoms with E-state index in [9.17, 15) is 4.79 Å². The zero-order valence-electron chi connectivity index (χ0n) is 27.0. The molecular weight excluding hydrogens is 524 g/mol. The molecule has 0 atom stereocenters. The predicted molar refractivity (Wildman–Crippen MR) is 166 cm³/mol. The van der Waals surface area contributed by atoms with Gasteiger partial charge < -0.3 is 33.2 Å². The number of carbonyl (C=O) groups is 1. The third kappa shape index (κ3) is 37.2. The summed E-state index contributed by atoms with van der Waals surface area (Å²) in [6.45, 7) is 11.5. The Morgan fingerprint density at radius 3 is 1.02 bits per heavy atom. The number of carbonyl (C=O) groups excluding carboxylic acids is 1. The number of ether oxygens (including phenoxy) is 7. The van der Waals surface area contributed by atoms with Gasteiger partial charge in [-0.1, -0.05) is 104 Å². The van der Waals surface area contributed by atoms with Crippen molar-refractivity contribution >= 4 is 5.97 Å². The van der Waals surface area contributed by atoms with Crippen LogP contribution in [0.4, 0.5) is 0 Å². The molecule has 0 aromatic heterocycles. The first-order valence-electron chi connectivity index (χ1n) is 16.9. The topological polar surface area (TPSA) is 81.7 Å². The summed E-state index contributed by atoms with van der Waals surface area (Å²) in [5.41, 5.74) is 0. The highest BCUT2D eigenvalue weighted by Gasteiger charge is 2.02. The van der Waals surface area contributed by atoms with Crippen molar-refractivity contribution in [2.24, 2.45) is 0 Å². The zero-order chi connectivity index (χ0) is 29.7. The Kier molecular flexibility index (Phi) is 36.6. The number of rotatable bonds is 36. The fraction of sp³-hybridized carbons (Fsp3) is 0.970. The third-order valence-electron chi connectivity index (χ3n) is 6.73. The summed E-state index contributed by atoms with van der Waals surface area (Å²) in [6, 6.07) is 0. The van der Waals surface area contributed by atoms with E-state index in [4.69, 9.17) is 33.2 Å². The van der Waals surface area contributed by atoms with Crippen LogP contribution in [0.15, 0.2) is 0 Å². The molecule has 0 N–H and O–H groups in total. The van der Waals surface area contributed by atoms with Gasteiger partial charge in [0.25, 0.3) is 0 Å². The highest BCUT2D eigenvalue weighted by Crippen LogP contribution is 2.11. The molecular formula is C33H66O8. The standard InChI is InChI=1S/C33H66O8/c1-3-5-7-9-10-11-12-13-14-16-18-20-35-21-22-36-23-24-37-25-26-38-27-28-39-29-30-40-31-32-41-33(34)19-17-15-8-6-4-2/h3-32H2,1-2H3. The van der Waals surface area contributed by atoms with E-state index >= 15 is 0 Å². The number of hydrogen-bond donors (Lipinski definition) is 0. The van der Waals surface area contributed by atoms with Gasteiger partial charge in [0.1, 0.15) is 6.61 Å². The Bertz CT molecular complexity index is 492. The van der Waals surface area contributed by atoms with E-state index in [-0.39, 0.29) is 5.97 Å². The molecule has 0 aliphatic heterocycles. The highest BCUT2D eigenvalue weighted by molar-refractivity contribution is 5.69. The monoisotopic (exact) mass is 590 g/mol. The maximum Gasteiger partial charge on any atom is 0.305 e. The lowest BCUT2D eigenvalue weighted by atomic mass is 10.1. The fourth-order valence-corrected chi connectivity index (χ4v) is 4.23. The SMILES string of the molecule is CCCCCCCCCCCCCOCCOCCOCCOCCOCCOCCOC(=O)CCCCCCC. The van der Waals surface area contributed by atoms with Crippen LogP contribution in [0.3, 0.4) is 0 Å². The van der Waals surface area contributed by atoms with Gasteiger partial charge in [-0.15, -0.1) is 0 Å². The minimum absolute atomic E-state index is 0.134. The van der Waals surface area contributed by atoms with Crippen molar-refractivity contribution in [3.05, 3.63) is 0 Å². The molecule has 0 aromatic carbocycles. The molecule has 8 nitrogen and oxygen atoms in total. The van der Waals surface area contributed by atoms with Gasteiger partial charge in [0.15, 0.2) is 0 Å². The number of unbranched alkanes of at least 4 members (excludes halogenated alkanes) is 14. The molecule has 0 aromatic rings. The van der Waals surface area contributed by atoms with E-state index in [0.29, 0.717) is 85.7 Å². The van der Waals surface area contributed by atoms with Crippen LogP contribution in [0.1, 0.15) is 123 Å². The summed E-state index contributed by atoms with van der Waals surface area (Å²) in [7, 11) is 0. The second-order valence-corrected chi connectivity index (χ2v) is 10.6. The van der Waals surface area contributed by atoms with Crippen LogP contribution in [0.5, 0.6) is 0 Å². The van der Waals surface area contributed by atoms with E-state index in [2.05, 4.69) is 13.8 Å². The van der Waals surface area contributed by atoms with E-state index < -0.39 is 0 Å². The van der Waals surface area contributed by atoms with E-state index in [1.165, 1.54) is 83.5 Å². The second kappa shape index (κ2) is 37.3. The van der Waals surface area contributed by atoms with Crippen LogP contribution in [0, 0.1) is 0 Å². The van der Waals surface area contributed by atoms with Gasteiger partial charge in [-0.05, 0) is 12.8 Å². The van der Waals surface area contributed by atoms with Crippen molar-refractivity contribution in [3.63, 3.8) is 0 Å². The third-order valence-corrected chi connectivity index (χ3v) is 6.73. The van der Waals surface area contributed by atoms with Gasteiger partial charge in [-0.25, -0.2) is 0 Å². The van der Waals surface area contributed by atoms with Crippen molar-refractivity contribution in [2.75, 3.05) is 85.9 Å². The number of esters is 1. The lowest BCUT2D eigenvalue weighted by molar-refractivity contribution is -0.145. The first-order chi connectivity index (χ1) is 20.3. The molecule has 8 heteroatoms. The summed E-state index contributed by atoms with van der Waals surface area (Å²) in [4.78, 5) is 11.6. The summed E-state index contributed by atoms with van der Waals surface area (Å²) in [5, 5.41) is 0. The van der Waals surface area contributed by atoms with Crippen molar-refractivity contribution in [3.8, 4) is 0 Å². The van der Waals surface area contributed by atoms with Crippen molar-refractivity contribution in [1.29, 1.82) is 0 Å². The van der Waals surface area contributed by atoms with Gasteiger partial charge in [-0.2, -0.15) is 0 Å². The lowest BCUT2D eigenvalue weighted by Crippen LogP contribution is -2.15. The molecule has 0 heterocycles. The van der Waals surface area contributed by atoms with Crippen LogP contribution in [0.25, 0.3) is 0 Å². The molecule has 0 fully saturated rings. The molecule has 0 radical (unpaired) electrons. The molecule has 0 saturated carbocycles. The molecule has 0 rings (SSSR count). The Hall–Kier alpha value is -0.770.